The maximum atomic E-state index is 6.53. The summed E-state index contributed by atoms with van der Waals surface area (Å²) in [6.07, 6.45) is 1.94. The molecule has 19 heavy (non-hydrogen) atoms. The van der Waals surface area contributed by atoms with Gasteiger partial charge in [-0.15, -0.1) is 0 Å². The van der Waals surface area contributed by atoms with Gasteiger partial charge >= 0.3 is 0 Å². The first-order chi connectivity index (χ1) is 9.03. The summed E-state index contributed by atoms with van der Waals surface area (Å²) in [4.78, 5) is 0. The first-order valence-corrected chi connectivity index (χ1v) is 6.96. The zero-order chi connectivity index (χ0) is 13.9. The van der Waals surface area contributed by atoms with Crippen molar-refractivity contribution >= 4 is 0 Å². The average Bonchev–Trinajstić information content (AvgIpc) is 2.41. The molecule has 0 spiro atoms. The van der Waals surface area contributed by atoms with Gasteiger partial charge in [-0.25, -0.2) is 0 Å². The fraction of sp³-hybridized carbons (Fsp3) is 0.333. The van der Waals surface area contributed by atoms with E-state index in [1.807, 2.05) is 0 Å². The van der Waals surface area contributed by atoms with Crippen LogP contribution in [-0.2, 0) is 18.4 Å². The van der Waals surface area contributed by atoms with Gasteiger partial charge in [-0.3, -0.25) is 0 Å². The highest BCUT2D eigenvalue weighted by Crippen LogP contribution is 2.24. The Bertz CT molecular complexity index is 538. The summed E-state index contributed by atoms with van der Waals surface area (Å²) in [7, 11) is 0. The van der Waals surface area contributed by atoms with Crippen molar-refractivity contribution in [3.05, 3.63) is 70.8 Å². The molecule has 0 radical (unpaired) electrons. The summed E-state index contributed by atoms with van der Waals surface area (Å²) in [5.74, 6) is 0. The number of aryl methyl sites for hydroxylation is 2. The molecule has 0 fully saturated rings. The fourth-order valence-electron chi connectivity index (χ4n) is 2.43. The lowest BCUT2D eigenvalue weighted by Crippen LogP contribution is -2.35. The van der Waals surface area contributed by atoms with Crippen molar-refractivity contribution in [2.24, 2.45) is 5.73 Å². The molecule has 1 atom stereocenters. The molecular formula is C18H23N. The molecule has 2 N–H and O–H groups in total. The van der Waals surface area contributed by atoms with Crippen LogP contribution in [0.4, 0.5) is 0 Å². The van der Waals surface area contributed by atoms with Crippen molar-refractivity contribution in [1.82, 2.24) is 0 Å². The van der Waals surface area contributed by atoms with E-state index in [9.17, 15) is 0 Å². The van der Waals surface area contributed by atoms with Gasteiger partial charge in [0, 0.05) is 5.54 Å². The van der Waals surface area contributed by atoms with Crippen molar-refractivity contribution in [3.63, 3.8) is 0 Å². The molecule has 0 heterocycles. The second kappa shape index (κ2) is 5.58. The Morgan fingerprint density at radius 3 is 2.21 bits per heavy atom. The second-order valence-electron chi connectivity index (χ2n) is 5.57. The molecule has 1 nitrogen and oxygen atoms in total. The van der Waals surface area contributed by atoms with Gasteiger partial charge in [-0.05, 0) is 48.9 Å². The molecule has 0 aromatic heterocycles. The van der Waals surface area contributed by atoms with E-state index in [2.05, 4.69) is 69.3 Å². The fourth-order valence-corrected chi connectivity index (χ4v) is 2.43. The molecule has 0 saturated heterocycles. The first kappa shape index (κ1) is 13.8. The van der Waals surface area contributed by atoms with Gasteiger partial charge in [-0.2, -0.15) is 0 Å². The maximum absolute atomic E-state index is 6.53. The van der Waals surface area contributed by atoms with Crippen LogP contribution in [0.3, 0.4) is 0 Å². The second-order valence-corrected chi connectivity index (χ2v) is 5.57. The van der Waals surface area contributed by atoms with E-state index < -0.39 is 0 Å². The third-order valence-corrected chi connectivity index (χ3v) is 3.84. The monoisotopic (exact) mass is 253 g/mol. The van der Waals surface area contributed by atoms with E-state index in [1.54, 1.807) is 0 Å². The summed E-state index contributed by atoms with van der Waals surface area (Å²) >= 11 is 0. The van der Waals surface area contributed by atoms with Gasteiger partial charge in [0.2, 0.25) is 0 Å². The molecule has 0 saturated carbocycles. The zero-order valence-electron chi connectivity index (χ0n) is 12.1. The Morgan fingerprint density at radius 1 is 1.00 bits per heavy atom. The molecule has 100 valence electrons. The number of hydrogen-bond acceptors (Lipinski definition) is 1. The van der Waals surface area contributed by atoms with E-state index >= 15 is 0 Å². The van der Waals surface area contributed by atoms with Crippen LogP contribution in [0.5, 0.6) is 0 Å². The molecule has 0 amide bonds. The van der Waals surface area contributed by atoms with Gasteiger partial charge in [-0.1, -0.05) is 55.5 Å². The van der Waals surface area contributed by atoms with Gasteiger partial charge in [0.1, 0.15) is 0 Å². The lowest BCUT2D eigenvalue weighted by Gasteiger charge is -2.26. The van der Waals surface area contributed by atoms with Crippen molar-refractivity contribution in [2.75, 3.05) is 0 Å². The smallest absolute Gasteiger partial charge is 0.0421 e. The molecule has 0 bridgehead atoms. The summed E-state index contributed by atoms with van der Waals surface area (Å²) in [5.41, 5.74) is 11.4. The van der Waals surface area contributed by atoms with Gasteiger partial charge < -0.3 is 5.73 Å². The highest BCUT2D eigenvalue weighted by Gasteiger charge is 2.22. The third kappa shape index (κ3) is 3.24. The Hall–Kier alpha value is -1.60. The summed E-state index contributed by atoms with van der Waals surface area (Å²) in [6.45, 7) is 6.43. The van der Waals surface area contributed by atoms with E-state index in [-0.39, 0.29) is 5.54 Å². The molecule has 2 rings (SSSR count). The Labute approximate surface area is 116 Å². The minimum Gasteiger partial charge on any atom is -0.321 e. The van der Waals surface area contributed by atoms with E-state index in [1.165, 1.54) is 22.3 Å². The van der Waals surface area contributed by atoms with Crippen molar-refractivity contribution < 1.29 is 0 Å². The Balaban J connectivity index is 2.24. The predicted octanol–water partition coefficient (Wildman–Crippen LogP) is 3.97. The summed E-state index contributed by atoms with van der Waals surface area (Å²) < 4.78 is 0. The van der Waals surface area contributed by atoms with Crippen LogP contribution >= 0.6 is 0 Å². The minimum absolute atomic E-state index is 0.321. The highest BCUT2D eigenvalue weighted by molar-refractivity contribution is 5.33. The average molecular weight is 253 g/mol. The van der Waals surface area contributed by atoms with Crippen LogP contribution in [0.25, 0.3) is 0 Å². The van der Waals surface area contributed by atoms with Crippen LogP contribution in [0, 0.1) is 6.92 Å². The number of rotatable bonds is 4. The molecule has 0 aliphatic rings. The zero-order valence-corrected chi connectivity index (χ0v) is 12.1. The quantitative estimate of drug-likeness (QED) is 0.876. The lowest BCUT2D eigenvalue weighted by atomic mass is 9.85. The highest BCUT2D eigenvalue weighted by atomic mass is 14.7. The Morgan fingerprint density at radius 2 is 1.63 bits per heavy atom. The van der Waals surface area contributed by atoms with Gasteiger partial charge in [0.25, 0.3) is 0 Å². The van der Waals surface area contributed by atoms with Crippen LogP contribution in [-0.4, -0.2) is 0 Å². The normalized spacial score (nSPS) is 14.1. The SMILES string of the molecule is CCc1ccc(C(C)(N)Cc2ccccc2C)cc1. The lowest BCUT2D eigenvalue weighted by molar-refractivity contribution is 0.490. The molecule has 0 aliphatic carbocycles. The molecule has 0 aliphatic heterocycles. The molecule has 1 unspecified atom stereocenters. The maximum Gasteiger partial charge on any atom is 0.0421 e. The van der Waals surface area contributed by atoms with Crippen LogP contribution < -0.4 is 5.73 Å². The van der Waals surface area contributed by atoms with Gasteiger partial charge in [0.05, 0.1) is 0 Å². The molecule has 2 aromatic carbocycles. The van der Waals surface area contributed by atoms with Crippen molar-refractivity contribution in [2.45, 2.75) is 39.2 Å². The van der Waals surface area contributed by atoms with E-state index in [4.69, 9.17) is 5.73 Å². The van der Waals surface area contributed by atoms with Crippen molar-refractivity contribution in [3.8, 4) is 0 Å². The Kier molecular flexibility index (Phi) is 4.06. The van der Waals surface area contributed by atoms with Gasteiger partial charge in [0.15, 0.2) is 0 Å². The van der Waals surface area contributed by atoms with Crippen LogP contribution in [0.2, 0.25) is 0 Å². The number of benzene rings is 2. The largest absolute Gasteiger partial charge is 0.321 e. The van der Waals surface area contributed by atoms with Crippen LogP contribution in [0.1, 0.15) is 36.1 Å². The van der Waals surface area contributed by atoms with Crippen molar-refractivity contribution in [1.29, 1.82) is 0 Å². The predicted molar refractivity (Wildman–Crippen MR) is 82.2 cm³/mol. The molecular weight excluding hydrogens is 230 g/mol. The minimum atomic E-state index is -0.321. The van der Waals surface area contributed by atoms with E-state index in [0.29, 0.717) is 0 Å². The molecule has 1 heteroatoms. The number of hydrogen-bond donors (Lipinski definition) is 1. The summed E-state index contributed by atoms with van der Waals surface area (Å²) in [6, 6.07) is 17.2. The summed E-state index contributed by atoms with van der Waals surface area (Å²) in [5, 5.41) is 0. The van der Waals surface area contributed by atoms with Crippen LogP contribution in [0.15, 0.2) is 48.5 Å². The first-order valence-electron chi connectivity index (χ1n) is 6.96. The topological polar surface area (TPSA) is 26.0 Å². The number of nitrogens with two attached hydrogens (primary N) is 1. The standard InChI is InChI=1S/C18H23N/c1-4-15-9-11-17(12-10-15)18(3,19)13-16-8-6-5-7-14(16)2/h5-12H,4,13,19H2,1-3H3. The molecule has 2 aromatic rings. The third-order valence-electron chi connectivity index (χ3n) is 3.84. The van der Waals surface area contributed by atoms with E-state index in [0.717, 1.165) is 12.8 Å².